The highest BCUT2D eigenvalue weighted by molar-refractivity contribution is 7.13. The Kier molecular flexibility index (Phi) is 3.25. The van der Waals surface area contributed by atoms with Gasteiger partial charge in [-0.2, -0.15) is 0 Å². The number of hydrogen-bond acceptors (Lipinski definition) is 5. The van der Waals surface area contributed by atoms with Crippen molar-refractivity contribution in [2.75, 3.05) is 31.1 Å². The number of hydrogen-bond donors (Lipinski definition) is 1. The first-order valence-corrected chi connectivity index (χ1v) is 7.06. The van der Waals surface area contributed by atoms with Crippen molar-refractivity contribution in [2.24, 2.45) is 0 Å². The van der Waals surface area contributed by atoms with E-state index in [0.717, 1.165) is 37.7 Å². The van der Waals surface area contributed by atoms with Crippen molar-refractivity contribution in [2.45, 2.75) is 6.92 Å². The van der Waals surface area contributed by atoms with Crippen LogP contribution in [0.15, 0.2) is 23.6 Å². The Balaban J connectivity index is 1.89. The first-order valence-electron chi connectivity index (χ1n) is 6.18. The zero-order valence-electron chi connectivity index (χ0n) is 10.4. The van der Waals surface area contributed by atoms with Crippen LogP contribution in [0, 0.1) is 6.92 Å². The highest BCUT2D eigenvalue weighted by atomic mass is 32.1. The molecule has 3 rings (SSSR count). The summed E-state index contributed by atoms with van der Waals surface area (Å²) in [5, 5.41) is 14.2. The summed E-state index contributed by atoms with van der Waals surface area (Å²) in [6, 6.07) is 6.26. The van der Waals surface area contributed by atoms with Crippen LogP contribution in [0.4, 0.5) is 5.82 Å². The molecule has 2 aromatic rings. The van der Waals surface area contributed by atoms with Crippen molar-refractivity contribution in [1.82, 2.24) is 15.5 Å². The van der Waals surface area contributed by atoms with Crippen LogP contribution in [0.5, 0.6) is 0 Å². The summed E-state index contributed by atoms with van der Waals surface area (Å²) in [6.45, 7) is 6.17. The molecule has 0 aliphatic carbocycles. The van der Waals surface area contributed by atoms with Crippen LogP contribution in [0.1, 0.15) is 5.56 Å². The second-order valence-corrected chi connectivity index (χ2v) is 5.40. The number of thiophene rings is 1. The maximum atomic E-state index is 4.41. The predicted octanol–water partition coefficient (Wildman–Crippen LogP) is 1.92. The van der Waals surface area contributed by atoms with E-state index in [-0.39, 0.29) is 0 Å². The summed E-state index contributed by atoms with van der Waals surface area (Å²) in [5.74, 6) is 1.02. The lowest BCUT2D eigenvalue weighted by atomic mass is 10.2. The molecule has 0 radical (unpaired) electrons. The Labute approximate surface area is 111 Å². The van der Waals surface area contributed by atoms with E-state index in [1.165, 1.54) is 10.4 Å². The molecule has 2 aromatic heterocycles. The Bertz CT molecular complexity index is 518. The molecule has 0 unspecified atom stereocenters. The minimum Gasteiger partial charge on any atom is -0.352 e. The van der Waals surface area contributed by atoms with Gasteiger partial charge in [0.2, 0.25) is 0 Å². The molecule has 1 fully saturated rings. The van der Waals surface area contributed by atoms with Crippen molar-refractivity contribution in [3.05, 3.63) is 29.1 Å². The lowest BCUT2D eigenvalue weighted by molar-refractivity contribution is 0.581. The standard InChI is InChI=1S/C13H16N4S/c1-10-9-11(12-3-2-8-18-12)15-16-13(10)17-6-4-14-5-7-17/h2-3,8-9,14H,4-7H2,1H3. The normalized spacial score (nSPS) is 15.9. The molecule has 1 aliphatic rings. The number of nitrogens with zero attached hydrogens (tertiary/aromatic N) is 3. The number of nitrogens with one attached hydrogen (secondary N) is 1. The summed E-state index contributed by atoms with van der Waals surface area (Å²) in [7, 11) is 0. The van der Waals surface area contributed by atoms with Gasteiger partial charge in [-0.15, -0.1) is 21.5 Å². The largest absolute Gasteiger partial charge is 0.352 e. The second-order valence-electron chi connectivity index (χ2n) is 4.45. The second kappa shape index (κ2) is 5.04. The van der Waals surface area contributed by atoms with Crippen LogP contribution in [0.3, 0.4) is 0 Å². The van der Waals surface area contributed by atoms with Crippen LogP contribution in [0.25, 0.3) is 10.6 Å². The van der Waals surface area contributed by atoms with Crippen LogP contribution in [0.2, 0.25) is 0 Å². The highest BCUT2D eigenvalue weighted by Crippen LogP contribution is 2.25. The maximum Gasteiger partial charge on any atom is 0.154 e. The fraction of sp³-hybridized carbons (Fsp3) is 0.385. The third-order valence-corrected chi connectivity index (χ3v) is 4.04. The molecule has 94 valence electrons. The molecule has 0 saturated carbocycles. The van der Waals surface area contributed by atoms with E-state index in [9.17, 15) is 0 Å². The summed E-state index contributed by atoms with van der Waals surface area (Å²) < 4.78 is 0. The molecule has 5 heteroatoms. The number of aryl methyl sites for hydroxylation is 1. The zero-order valence-corrected chi connectivity index (χ0v) is 11.2. The first-order chi connectivity index (χ1) is 8.84. The monoisotopic (exact) mass is 260 g/mol. The zero-order chi connectivity index (χ0) is 12.4. The van der Waals surface area contributed by atoms with Crippen molar-refractivity contribution >= 4 is 17.2 Å². The average Bonchev–Trinajstić information content (AvgIpc) is 2.93. The SMILES string of the molecule is Cc1cc(-c2cccs2)nnc1N1CCNCC1. The Morgan fingerprint density at radius 1 is 1.28 bits per heavy atom. The summed E-state index contributed by atoms with van der Waals surface area (Å²) >= 11 is 1.70. The van der Waals surface area contributed by atoms with E-state index in [4.69, 9.17) is 0 Å². The third-order valence-electron chi connectivity index (χ3n) is 3.15. The molecule has 0 aromatic carbocycles. The minimum absolute atomic E-state index is 0.974. The van der Waals surface area contributed by atoms with Gasteiger partial charge in [0, 0.05) is 26.2 Å². The van der Waals surface area contributed by atoms with E-state index < -0.39 is 0 Å². The molecule has 18 heavy (non-hydrogen) atoms. The molecule has 4 nitrogen and oxygen atoms in total. The van der Waals surface area contributed by atoms with Gasteiger partial charge in [0.1, 0.15) is 5.69 Å². The van der Waals surface area contributed by atoms with Gasteiger partial charge >= 0.3 is 0 Å². The average molecular weight is 260 g/mol. The summed E-state index contributed by atoms with van der Waals surface area (Å²) in [6.07, 6.45) is 0. The van der Waals surface area contributed by atoms with E-state index >= 15 is 0 Å². The summed E-state index contributed by atoms with van der Waals surface area (Å²) in [4.78, 5) is 3.48. The van der Waals surface area contributed by atoms with E-state index in [1.807, 2.05) is 6.07 Å². The quantitative estimate of drug-likeness (QED) is 0.895. The smallest absolute Gasteiger partial charge is 0.154 e. The van der Waals surface area contributed by atoms with Crippen LogP contribution < -0.4 is 10.2 Å². The molecule has 0 spiro atoms. The topological polar surface area (TPSA) is 41.1 Å². The highest BCUT2D eigenvalue weighted by Gasteiger charge is 2.15. The molecule has 0 atom stereocenters. The molecule has 3 heterocycles. The molecular formula is C13H16N4S. The van der Waals surface area contributed by atoms with Gasteiger partial charge in [0.05, 0.1) is 4.88 Å². The van der Waals surface area contributed by atoms with Gasteiger partial charge in [-0.1, -0.05) is 6.07 Å². The van der Waals surface area contributed by atoms with Crippen LogP contribution in [-0.2, 0) is 0 Å². The van der Waals surface area contributed by atoms with E-state index in [2.05, 4.69) is 44.9 Å². The number of rotatable bonds is 2. The Morgan fingerprint density at radius 2 is 2.11 bits per heavy atom. The molecular weight excluding hydrogens is 244 g/mol. The lowest BCUT2D eigenvalue weighted by Crippen LogP contribution is -2.44. The molecule has 1 saturated heterocycles. The lowest BCUT2D eigenvalue weighted by Gasteiger charge is -2.29. The number of piperazine rings is 1. The van der Waals surface area contributed by atoms with Gasteiger partial charge in [0.15, 0.2) is 5.82 Å². The van der Waals surface area contributed by atoms with Crippen molar-refractivity contribution in [3.63, 3.8) is 0 Å². The minimum atomic E-state index is 0.974. The first kappa shape index (κ1) is 11.6. The van der Waals surface area contributed by atoms with Gasteiger partial charge in [0.25, 0.3) is 0 Å². The predicted molar refractivity (Wildman–Crippen MR) is 75.2 cm³/mol. The molecule has 0 bridgehead atoms. The van der Waals surface area contributed by atoms with Crippen LogP contribution in [-0.4, -0.2) is 36.4 Å². The Hall–Kier alpha value is -1.46. The van der Waals surface area contributed by atoms with Gasteiger partial charge in [-0.25, -0.2) is 0 Å². The number of aromatic nitrogens is 2. The van der Waals surface area contributed by atoms with Crippen molar-refractivity contribution < 1.29 is 0 Å². The van der Waals surface area contributed by atoms with Crippen molar-refractivity contribution in [3.8, 4) is 10.6 Å². The van der Waals surface area contributed by atoms with Crippen LogP contribution >= 0.6 is 11.3 Å². The van der Waals surface area contributed by atoms with E-state index in [1.54, 1.807) is 11.3 Å². The number of anilines is 1. The maximum absolute atomic E-state index is 4.41. The van der Waals surface area contributed by atoms with Crippen molar-refractivity contribution in [1.29, 1.82) is 0 Å². The molecule has 1 aliphatic heterocycles. The summed E-state index contributed by atoms with van der Waals surface area (Å²) in [5.41, 5.74) is 2.18. The fourth-order valence-electron chi connectivity index (χ4n) is 2.21. The fourth-order valence-corrected chi connectivity index (χ4v) is 2.89. The Morgan fingerprint density at radius 3 is 2.78 bits per heavy atom. The van der Waals surface area contributed by atoms with Gasteiger partial charge < -0.3 is 10.2 Å². The van der Waals surface area contributed by atoms with Gasteiger partial charge in [-0.05, 0) is 30.0 Å². The van der Waals surface area contributed by atoms with Gasteiger partial charge in [-0.3, -0.25) is 0 Å². The molecule has 0 amide bonds. The third kappa shape index (κ3) is 2.23. The molecule has 1 N–H and O–H groups in total. The van der Waals surface area contributed by atoms with E-state index in [0.29, 0.717) is 0 Å².